The van der Waals surface area contributed by atoms with Gasteiger partial charge in [0.15, 0.2) is 5.69 Å². The van der Waals surface area contributed by atoms with Crippen LogP contribution in [0.5, 0.6) is 0 Å². The lowest BCUT2D eigenvalue weighted by Crippen LogP contribution is -2.42. The van der Waals surface area contributed by atoms with E-state index in [-0.39, 0.29) is 18.9 Å². The van der Waals surface area contributed by atoms with Gasteiger partial charge >= 0.3 is 0 Å². The van der Waals surface area contributed by atoms with E-state index in [2.05, 4.69) is 15.3 Å². The van der Waals surface area contributed by atoms with Crippen LogP contribution >= 0.6 is 0 Å². The molecule has 80 valence electrons. The third-order valence-corrected chi connectivity index (χ3v) is 1.89. The molecule has 0 saturated carbocycles. The van der Waals surface area contributed by atoms with Crippen LogP contribution in [0, 0.1) is 11.3 Å². The molecule has 1 rings (SSSR count). The monoisotopic (exact) mass is 208 g/mol. The summed E-state index contributed by atoms with van der Waals surface area (Å²) in [6, 6.07) is 1.84. The van der Waals surface area contributed by atoms with Gasteiger partial charge in [-0.15, -0.1) is 0 Å². The van der Waals surface area contributed by atoms with Crippen LogP contribution in [0.3, 0.4) is 0 Å². The van der Waals surface area contributed by atoms with Gasteiger partial charge in [0.25, 0.3) is 0 Å². The van der Waals surface area contributed by atoms with E-state index in [0.29, 0.717) is 5.82 Å². The molecule has 0 aliphatic carbocycles. The second-order valence-electron chi connectivity index (χ2n) is 3.40. The van der Waals surface area contributed by atoms with Crippen molar-refractivity contribution in [1.82, 2.24) is 9.97 Å². The topological polar surface area (TPSA) is 102 Å². The average molecular weight is 208 g/mol. The Morgan fingerprint density at radius 1 is 1.40 bits per heavy atom. The van der Waals surface area contributed by atoms with E-state index < -0.39 is 5.54 Å². The maximum absolute atomic E-state index is 9.02. The largest absolute Gasteiger partial charge is 0.394 e. The lowest BCUT2D eigenvalue weighted by Gasteiger charge is -2.26. The molecule has 1 heterocycles. The average Bonchev–Trinajstić information content (AvgIpc) is 2.30. The first kappa shape index (κ1) is 11.4. The Bertz CT molecular complexity index is 353. The normalized spacial score (nSPS) is 10.8. The highest BCUT2D eigenvalue weighted by Crippen LogP contribution is 2.10. The Morgan fingerprint density at radius 3 is 2.47 bits per heavy atom. The molecule has 3 N–H and O–H groups in total. The molecule has 15 heavy (non-hydrogen) atoms. The summed E-state index contributed by atoms with van der Waals surface area (Å²) in [5.41, 5.74) is -0.627. The predicted octanol–water partition coefficient (Wildman–Crippen LogP) is -0.497. The lowest BCUT2D eigenvalue weighted by atomic mass is 10.1. The third kappa shape index (κ3) is 2.87. The lowest BCUT2D eigenvalue weighted by molar-refractivity contribution is 0.147. The summed E-state index contributed by atoms with van der Waals surface area (Å²) in [4.78, 5) is 7.71. The molecule has 1 aromatic heterocycles. The van der Waals surface area contributed by atoms with E-state index in [1.165, 1.54) is 12.4 Å². The second-order valence-corrected chi connectivity index (χ2v) is 3.40. The molecule has 1 aromatic rings. The number of nitrogens with one attached hydrogen (secondary N) is 1. The molecular formula is C9H12N4O2. The standard InChI is InChI=1S/C9H12N4O2/c1-9(5-14,6-15)13-8-4-11-7(2-10)3-12-8/h3-4,14-15H,5-6H2,1H3,(H,12,13). The molecular weight excluding hydrogens is 196 g/mol. The van der Waals surface area contributed by atoms with Crippen molar-refractivity contribution < 1.29 is 10.2 Å². The van der Waals surface area contributed by atoms with Crippen LogP contribution in [-0.4, -0.2) is 38.9 Å². The van der Waals surface area contributed by atoms with Gasteiger partial charge in [0.05, 0.1) is 31.1 Å². The van der Waals surface area contributed by atoms with Crippen molar-refractivity contribution in [2.75, 3.05) is 18.5 Å². The van der Waals surface area contributed by atoms with Crippen LogP contribution in [0.4, 0.5) is 5.82 Å². The molecule has 0 unspecified atom stereocenters. The van der Waals surface area contributed by atoms with Gasteiger partial charge in [-0.3, -0.25) is 0 Å². The van der Waals surface area contributed by atoms with Crippen molar-refractivity contribution in [2.45, 2.75) is 12.5 Å². The first-order chi connectivity index (χ1) is 7.13. The third-order valence-electron chi connectivity index (χ3n) is 1.89. The van der Waals surface area contributed by atoms with Gasteiger partial charge in [0.1, 0.15) is 11.9 Å². The summed E-state index contributed by atoms with van der Waals surface area (Å²) in [6.45, 7) is 1.18. The molecule has 0 bridgehead atoms. The van der Waals surface area contributed by atoms with Gasteiger partial charge in [-0.2, -0.15) is 5.26 Å². The number of aliphatic hydroxyl groups excluding tert-OH is 2. The zero-order valence-electron chi connectivity index (χ0n) is 8.30. The number of hydrogen-bond donors (Lipinski definition) is 3. The first-order valence-electron chi connectivity index (χ1n) is 4.35. The summed E-state index contributed by atoms with van der Waals surface area (Å²) in [5.74, 6) is 0.402. The molecule has 0 fully saturated rings. The van der Waals surface area contributed by atoms with Crippen LogP contribution in [0.1, 0.15) is 12.6 Å². The summed E-state index contributed by atoms with van der Waals surface area (Å²) in [7, 11) is 0. The maximum atomic E-state index is 9.02. The fraction of sp³-hybridized carbons (Fsp3) is 0.444. The van der Waals surface area contributed by atoms with Crippen molar-refractivity contribution in [1.29, 1.82) is 5.26 Å². The Hall–Kier alpha value is -1.71. The Kier molecular flexibility index (Phi) is 3.55. The van der Waals surface area contributed by atoms with Gasteiger partial charge in [-0.05, 0) is 6.92 Å². The van der Waals surface area contributed by atoms with Gasteiger partial charge in [0.2, 0.25) is 0 Å². The molecule has 0 atom stereocenters. The highest BCUT2D eigenvalue weighted by molar-refractivity contribution is 5.36. The van der Waals surface area contributed by atoms with E-state index in [1.54, 1.807) is 6.92 Å². The maximum Gasteiger partial charge on any atom is 0.158 e. The van der Waals surface area contributed by atoms with Crippen LogP contribution in [0.25, 0.3) is 0 Å². The fourth-order valence-corrected chi connectivity index (χ4v) is 0.889. The van der Waals surface area contributed by atoms with Crippen LogP contribution in [0.15, 0.2) is 12.4 Å². The Morgan fingerprint density at radius 2 is 2.07 bits per heavy atom. The van der Waals surface area contributed by atoms with Crippen LogP contribution in [0.2, 0.25) is 0 Å². The van der Waals surface area contributed by atoms with Crippen molar-refractivity contribution in [3.63, 3.8) is 0 Å². The number of rotatable bonds is 4. The molecule has 0 aliphatic heterocycles. The quantitative estimate of drug-likeness (QED) is 0.616. The number of aromatic nitrogens is 2. The summed E-state index contributed by atoms with van der Waals surface area (Å²) in [6.07, 6.45) is 2.69. The molecule has 0 aliphatic rings. The number of hydrogen-bond acceptors (Lipinski definition) is 6. The number of aliphatic hydroxyl groups is 2. The molecule has 6 nitrogen and oxygen atoms in total. The van der Waals surface area contributed by atoms with E-state index >= 15 is 0 Å². The van der Waals surface area contributed by atoms with E-state index in [9.17, 15) is 0 Å². The smallest absolute Gasteiger partial charge is 0.158 e. The van der Waals surface area contributed by atoms with Gasteiger partial charge in [-0.25, -0.2) is 9.97 Å². The van der Waals surface area contributed by atoms with Crippen molar-refractivity contribution in [3.05, 3.63) is 18.1 Å². The molecule has 0 radical (unpaired) electrons. The number of nitrogens with zero attached hydrogens (tertiary/aromatic N) is 3. The predicted molar refractivity (Wildman–Crippen MR) is 52.9 cm³/mol. The summed E-state index contributed by atoms with van der Waals surface area (Å²) < 4.78 is 0. The van der Waals surface area contributed by atoms with E-state index in [1.807, 2.05) is 6.07 Å². The van der Waals surface area contributed by atoms with Crippen molar-refractivity contribution >= 4 is 5.82 Å². The number of anilines is 1. The van der Waals surface area contributed by atoms with Crippen LogP contribution < -0.4 is 5.32 Å². The number of nitriles is 1. The van der Waals surface area contributed by atoms with Crippen molar-refractivity contribution in [3.8, 4) is 6.07 Å². The highest BCUT2D eigenvalue weighted by atomic mass is 16.3. The molecule has 0 saturated heterocycles. The Balaban J connectivity index is 2.77. The Labute approximate surface area is 87.2 Å². The zero-order valence-corrected chi connectivity index (χ0v) is 8.30. The zero-order chi connectivity index (χ0) is 11.3. The first-order valence-corrected chi connectivity index (χ1v) is 4.35. The molecule has 0 spiro atoms. The highest BCUT2D eigenvalue weighted by Gasteiger charge is 2.22. The van der Waals surface area contributed by atoms with Gasteiger partial charge in [0, 0.05) is 0 Å². The minimum atomic E-state index is -0.844. The van der Waals surface area contributed by atoms with E-state index in [4.69, 9.17) is 15.5 Å². The van der Waals surface area contributed by atoms with E-state index in [0.717, 1.165) is 0 Å². The van der Waals surface area contributed by atoms with Crippen LogP contribution in [-0.2, 0) is 0 Å². The molecule has 6 heteroatoms. The van der Waals surface area contributed by atoms with Gasteiger partial charge < -0.3 is 15.5 Å². The second kappa shape index (κ2) is 4.68. The van der Waals surface area contributed by atoms with Crippen molar-refractivity contribution in [2.24, 2.45) is 0 Å². The SMILES string of the molecule is CC(CO)(CO)Nc1cnc(C#N)cn1. The van der Waals surface area contributed by atoms with Gasteiger partial charge in [-0.1, -0.05) is 0 Å². The summed E-state index contributed by atoms with van der Waals surface area (Å²) >= 11 is 0. The fourth-order valence-electron chi connectivity index (χ4n) is 0.889. The minimum absolute atomic E-state index is 0.218. The minimum Gasteiger partial charge on any atom is -0.394 e. The summed E-state index contributed by atoms with van der Waals surface area (Å²) in [5, 5.41) is 29.4. The molecule has 0 amide bonds. The molecule has 0 aromatic carbocycles.